The van der Waals surface area contributed by atoms with Gasteiger partial charge in [-0.1, -0.05) is 54.1 Å². The van der Waals surface area contributed by atoms with Gasteiger partial charge in [0.05, 0.1) is 24.8 Å². The Labute approximate surface area is 158 Å². The fourth-order valence-electron chi connectivity index (χ4n) is 2.44. The number of nitrogens with zero attached hydrogens (tertiary/aromatic N) is 1. The highest BCUT2D eigenvalue weighted by Gasteiger charge is 2.33. The molecule has 0 bridgehead atoms. The van der Waals surface area contributed by atoms with E-state index in [1.165, 1.54) is 4.90 Å². The average Bonchev–Trinajstić information content (AvgIpc) is 2.64. The SMILES string of the molecule is CC(C)(CO)N(CC(O)c1cccc(Cl)c1)C(=O)OCc1ccccc1. The Bertz CT molecular complexity index is 721. The van der Waals surface area contributed by atoms with Crippen LogP contribution in [0.4, 0.5) is 4.79 Å². The lowest BCUT2D eigenvalue weighted by Crippen LogP contribution is -2.52. The molecule has 140 valence electrons. The molecule has 1 unspecified atom stereocenters. The lowest BCUT2D eigenvalue weighted by atomic mass is 10.0. The lowest BCUT2D eigenvalue weighted by Gasteiger charge is -2.37. The molecule has 26 heavy (non-hydrogen) atoms. The number of hydrogen-bond donors (Lipinski definition) is 2. The Kier molecular flexibility index (Phi) is 7.03. The molecule has 2 N–H and O–H groups in total. The second kappa shape index (κ2) is 9.03. The van der Waals surface area contributed by atoms with E-state index in [0.29, 0.717) is 10.6 Å². The number of amides is 1. The Morgan fingerprint density at radius 3 is 2.50 bits per heavy atom. The van der Waals surface area contributed by atoms with E-state index in [1.807, 2.05) is 30.3 Å². The highest BCUT2D eigenvalue weighted by atomic mass is 35.5. The number of halogens is 1. The molecule has 2 aromatic carbocycles. The monoisotopic (exact) mass is 377 g/mol. The first-order chi connectivity index (χ1) is 12.3. The lowest BCUT2D eigenvalue weighted by molar-refractivity contribution is 0.00657. The van der Waals surface area contributed by atoms with Crippen molar-refractivity contribution in [3.63, 3.8) is 0 Å². The van der Waals surface area contributed by atoms with Crippen LogP contribution in [-0.4, -0.2) is 39.9 Å². The molecule has 0 saturated carbocycles. The number of aliphatic hydroxyl groups excluding tert-OH is 2. The maximum absolute atomic E-state index is 12.6. The third-order valence-corrected chi connectivity index (χ3v) is 4.37. The minimum atomic E-state index is -0.955. The van der Waals surface area contributed by atoms with E-state index in [9.17, 15) is 15.0 Å². The average molecular weight is 378 g/mol. The number of aliphatic hydroxyl groups is 2. The molecule has 1 amide bonds. The van der Waals surface area contributed by atoms with Crippen LogP contribution in [0.25, 0.3) is 0 Å². The number of rotatable bonds is 7. The molecule has 0 aromatic heterocycles. The predicted octanol–water partition coefficient (Wildman–Crippen LogP) is 3.78. The van der Waals surface area contributed by atoms with Gasteiger partial charge in [0.1, 0.15) is 6.61 Å². The van der Waals surface area contributed by atoms with Gasteiger partial charge < -0.3 is 14.9 Å². The quantitative estimate of drug-likeness (QED) is 0.770. The standard InChI is InChI=1S/C20H24ClNO4/c1-20(2,14-23)22(12-18(24)16-9-6-10-17(21)11-16)19(25)26-13-15-7-4-3-5-8-15/h3-11,18,23-24H,12-14H2,1-2H3. The summed E-state index contributed by atoms with van der Waals surface area (Å²) in [6, 6.07) is 16.1. The van der Waals surface area contributed by atoms with Crippen molar-refractivity contribution < 1.29 is 19.7 Å². The van der Waals surface area contributed by atoms with Crippen molar-refractivity contribution >= 4 is 17.7 Å². The molecule has 1 atom stereocenters. The van der Waals surface area contributed by atoms with E-state index in [0.717, 1.165) is 5.56 Å². The first kappa shape index (κ1) is 20.2. The van der Waals surface area contributed by atoms with Gasteiger partial charge in [0.25, 0.3) is 0 Å². The van der Waals surface area contributed by atoms with Crippen molar-refractivity contribution in [1.82, 2.24) is 4.90 Å². The number of carbonyl (C=O) groups is 1. The molecular weight excluding hydrogens is 354 g/mol. The summed E-state index contributed by atoms with van der Waals surface area (Å²) in [5, 5.41) is 20.7. The summed E-state index contributed by atoms with van der Waals surface area (Å²) in [7, 11) is 0. The molecule has 0 fully saturated rings. The van der Waals surface area contributed by atoms with Crippen LogP contribution in [0.2, 0.25) is 5.02 Å². The molecule has 0 spiro atoms. The Balaban J connectivity index is 2.11. The zero-order valence-corrected chi connectivity index (χ0v) is 15.7. The summed E-state index contributed by atoms with van der Waals surface area (Å²) < 4.78 is 5.38. The van der Waals surface area contributed by atoms with Gasteiger partial charge in [0.2, 0.25) is 0 Å². The van der Waals surface area contributed by atoms with E-state index in [-0.39, 0.29) is 19.8 Å². The van der Waals surface area contributed by atoms with Crippen LogP contribution in [0, 0.1) is 0 Å². The minimum absolute atomic E-state index is 0.0263. The number of benzene rings is 2. The Morgan fingerprint density at radius 1 is 1.19 bits per heavy atom. The second-order valence-corrected chi connectivity index (χ2v) is 7.13. The molecule has 2 aromatic rings. The van der Waals surface area contributed by atoms with E-state index in [2.05, 4.69) is 0 Å². The maximum Gasteiger partial charge on any atom is 0.410 e. The fourth-order valence-corrected chi connectivity index (χ4v) is 2.64. The van der Waals surface area contributed by atoms with E-state index in [4.69, 9.17) is 16.3 Å². The highest BCUT2D eigenvalue weighted by Crippen LogP contribution is 2.23. The highest BCUT2D eigenvalue weighted by molar-refractivity contribution is 6.30. The van der Waals surface area contributed by atoms with Crippen molar-refractivity contribution in [3.8, 4) is 0 Å². The van der Waals surface area contributed by atoms with Gasteiger partial charge in [-0.2, -0.15) is 0 Å². The fraction of sp³-hybridized carbons (Fsp3) is 0.350. The predicted molar refractivity (Wildman–Crippen MR) is 101 cm³/mol. The van der Waals surface area contributed by atoms with Crippen LogP contribution in [0.5, 0.6) is 0 Å². The summed E-state index contributed by atoms with van der Waals surface area (Å²) in [5.41, 5.74) is 0.554. The summed E-state index contributed by atoms with van der Waals surface area (Å²) in [6.45, 7) is 3.24. The number of ether oxygens (including phenoxy) is 1. The van der Waals surface area contributed by atoms with Crippen LogP contribution in [0.3, 0.4) is 0 Å². The summed E-state index contributed by atoms with van der Waals surface area (Å²) >= 11 is 5.97. The molecule has 0 aliphatic heterocycles. The first-order valence-corrected chi connectivity index (χ1v) is 8.74. The van der Waals surface area contributed by atoms with Crippen LogP contribution in [0.1, 0.15) is 31.1 Å². The Hall–Kier alpha value is -2.08. The Morgan fingerprint density at radius 2 is 1.88 bits per heavy atom. The van der Waals surface area contributed by atoms with Gasteiger partial charge in [-0.3, -0.25) is 4.90 Å². The van der Waals surface area contributed by atoms with Crippen molar-refractivity contribution in [2.24, 2.45) is 0 Å². The topological polar surface area (TPSA) is 70.0 Å². The van der Waals surface area contributed by atoms with Gasteiger partial charge in [-0.25, -0.2) is 4.79 Å². The van der Waals surface area contributed by atoms with Crippen LogP contribution >= 0.6 is 11.6 Å². The normalized spacial score (nSPS) is 12.5. The number of β-amino-alcohol motifs (C(OH)–C–C–N with tert-alkyl or cyclic N) is 1. The zero-order valence-electron chi connectivity index (χ0n) is 14.9. The van der Waals surface area contributed by atoms with Gasteiger partial charge in [0.15, 0.2) is 0 Å². The third kappa shape index (κ3) is 5.46. The zero-order chi connectivity index (χ0) is 19.2. The second-order valence-electron chi connectivity index (χ2n) is 6.69. The van der Waals surface area contributed by atoms with Gasteiger partial charge in [-0.05, 0) is 37.1 Å². The third-order valence-electron chi connectivity index (χ3n) is 4.13. The van der Waals surface area contributed by atoms with E-state index in [1.54, 1.807) is 38.1 Å². The first-order valence-electron chi connectivity index (χ1n) is 8.36. The minimum Gasteiger partial charge on any atom is -0.445 e. The molecule has 0 aliphatic carbocycles. The van der Waals surface area contributed by atoms with Crippen LogP contribution < -0.4 is 0 Å². The maximum atomic E-state index is 12.6. The molecule has 6 heteroatoms. The smallest absolute Gasteiger partial charge is 0.410 e. The summed E-state index contributed by atoms with van der Waals surface area (Å²) in [5.74, 6) is 0. The van der Waals surface area contributed by atoms with E-state index >= 15 is 0 Å². The molecule has 0 radical (unpaired) electrons. The molecule has 0 saturated heterocycles. The van der Waals surface area contributed by atoms with E-state index < -0.39 is 17.7 Å². The van der Waals surface area contributed by atoms with Crippen LogP contribution in [0.15, 0.2) is 54.6 Å². The molecule has 5 nitrogen and oxygen atoms in total. The number of carbonyl (C=O) groups excluding carboxylic acids is 1. The largest absolute Gasteiger partial charge is 0.445 e. The molecular formula is C20H24ClNO4. The summed E-state index contributed by atoms with van der Waals surface area (Å²) in [4.78, 5) is 13.9. The summed E-state index contributed by atoms with van der Waals surface area (Å²) in [6.07, 6.45) is -1.56. The van der Waals surface area contributed by atoms with Crippen molar-refractivity contribution in [3.05, 3.63) is 70.7 Å². The number of hydrogen-bond acceptors (Lipinski definition) is 4. The molecule has 0 heterocycles. The van der Waals surface area contributed by atoms with Crippen LogP contribution in [-0.2, 0) is 11.3 Å². The van der Waals surface area contributed by atoms with Gasteiger partial charge in [-0.15, -0.1) is 0 Å². The molecule has 2 rings (SSSR count). The van der Waals surface area contributed by atoms with Crippen molar-refractivity contribution in [1.29, 1.82) is 0 Å². The van der Waals surface area contributed by atoms with Crippen molar-refractivity contribution in [2.75, 3.05) is 13.2 Å². The van der Waals surface area contributed by atoms with Gasteiger partial charge >= 0.3 is 6.09 Å². The molecule has 0 aliphatic rings. The van der Waals surface area contributed by atoms with Gasteiger partial charge in [0, 0.05) is 5.02 Å². The van der Waals surface area contributed by atoms with Crippen molar-refractivity contribution in [2.45, 2.75) is 32.1 Å².